The molecule has 1 aliphatic carbocycles. The van der Waals surface area contributed by atoms with E-state index in [1.807, 2.05) is 6.07 Å². The summed E-state index contributed by atoms with van der Waals surface area (Å²) in [4.78, 5) is 39.0. The molecule has 3 atom stereocenters. The van der Waals surface area contributed by atoms with Gasteiger partial charge in [-0.2, -0.15) is 0 Å². The summed E-state index contributed by atoms with van der Waals surface area (Å²) < 4.78 is 5.31. The van der Waals surface area contributed by atoms with Crippen molar-refractivity contribution in [3.8, 4) is 5.75 Å². The lowest BCUT2D eigenvalue weighted by Gasteiger charge is -2.25. The van der Waals surface area contributed by atoms with E-state index in [2.05, 4.69) is 6.92 Å². The molecule has 0 aromatic heterocycles. The van der Waals surface area contributed by atoms with E-state index in [9.17, 15) is 14.4 Å². The molecule has 1 aliphatic heterocycles. The molecule has 2 amide bonds. The van der Waals surface area contributed by atoms with E-state index in [0.29, 0.717) is 22.9 Å². The number of anilines is 1. The van der Waals surface area contributed by atoms with Crippen molar-refractivity contribution < 1.29 is 19.1 Å². The number of esters is 1. The van der Waals surface area contributed by atoms with Crippen LogP contribution in [0.2, 0.25) is 0 Å². The predicted octanol–water partition coefficient (Wildman–Crippen LogP) is 3.83. The first-order valence-electron chi connectivity index (χ1n) is 9.29. The number of amides is 2. The number of ether oxygens (including phenoxy) is 1. The molecule has 2 aliphatic rings. The van der Waals surface area contributed by atoms with Crippen molar-refractivity contribution in [2.75, 3.05) is 4.90 Å². The minimum Gasteiger partial charge on any atom is -0.423 e. The number of fused-ring (bicyclic) bond motifs is 1. The molecule has 2 fully saturated rings. The maximum absolute atomic E-state index is 12.8. The molecule has 1 saturated carbocycles. The van der Waals surface area contributed by atoms with Crippen LogP contribution in [0.4, 0.5) is 5.69 Å². The Balaban J connectivity index is 1.51. The van der Waals surface area contributed by atoms with Gasteiger partial charge in [-0.3, -0.25) is 14.5 Å². The fourth-order valence-electron chi connectivity index (χ4n) is 4.05. The fourth-order valence-corrected chi connectivity index (χ4v) is 4.05. The minimum atomic E-state index is -0.477. The molecule has 1 heterocycles. The molecule has 0 unspecified atom stereocenters. The third kappa shape index (κ3) is 3.25. The second-order valence-electron chi connectivity index (χ2n) is 7.39. The fraction of sp³-hybridized carbons (Fsp3) is 0.318. The zero-order valence-electron chi connectivity index (χ0n) is 15.1. The minimum absolute atomic E-state index is 0.114. The van der Waals surface area contributed by atoms with Crippen LogP contribution in [0.25, 0.3) is 0 Å². The summed E-state index contributed by atoms with van der Waals surface area (Å²) >= 11 is 0. The van der Waals surface area contributed by atoms with E-state index in [4.69, 9.17) is 4.74 Å². The number of benzene rings is 2. The molecule has 1 saturated heterocycles. The first-order valence-corrected chi connectivity index (χ1v) is 9.29. The van der Waals surface area contributed by atoms with Gasteiger partial charge < -0.3 is 4.74 Å². The Hall–Kier alpha value is -2.95. The summed E-state index contributed by atoms with van der Waals surface area (Å²) in [5.41, 5.74) is 0.885. The Morgan fingerprint density at radius 3 is 2.30 bits per heavy atom. The van der Waals surface area contributed by atoms with Crippen molar-refractivity contribution in [2.45, 2.75) is 26.2 Å². The zero-order valence-corrected chi connectivity index (χ0v) is 15.1. The number of imide groups is 1. The van der Waals surface area contributed by atoms with E-state index in [1.54, 1.807) is 48.5 Å². The highest BCUT2D eigenvalue weighted by atomic mass is 16.5. The number of carbonyl (C=O) groups excluding carboxylic acids is 3. The van der Waals surface area contributed by atoms with Crippen molar-refractivity contribution in [3.05, 3.63) is 60.2 Å². The number of nitrogens with zero attached hydrogens (tertiary/aromatic N) is 1. The molecule has 0 spiro atoms. The van der Waals surface area contributed by atoms with E-state index >= 15 is 0 Å². The topological polar surface area (TPSA) is 63.7 Å². The highest BCUT2D eigenvalue weighted by Gasteiger charge is 2.49. The SMILES string of the molecule is C[C@@H]1CC[C@@H]2C(=O)N(c3ccc(C(=O)Oc4ccccc4)cc3)C(=O)[C@@H]2C1. The lowest BCUT2D eigenvalue weighted by molar-refractivity contribution is -0.122. The van der Waals surface area contributed by atoms with Gasteiger partial charge in [0.15, 0.2) is 0 Å². The normalized spacial score (nSPS) is 24.6. The summed E-state index contributed by atoms with van der Waals surface area (Å²) in [6, 6.07) is 15.3. The lowest BCUT2D eigenvalue weighted by Crippen LogP contribution is -2.30. The van der Waals surface area contributed by atoms with Crippen LogP contribution in [-0.2, 0) is 9.59 Å². The Morgan fingerprint density at radius 2 is 1.59 bits per heavy atom. The molecular weight excluding hydrogens is 342 g/mol. The maximum atomic E-state index is 12.8. The van der Waals surface area contributed by atoms with Crippen molar-refractivity contribution in [2.24, 2.45) is 17.8 Å². The van der Waals surface area contributed by atoms with Crippen LogP contribution in [-0.4, -0.2) is 17.8 Å². The molecule has 2 aromatic rings. The number of carbonyl (C=O) groups is 3. The summed E-state index contributed by atoms with van der Waals surface area (Å²) in [6.45, 7) is 2.13. The van der Waals surface area contributed by atoms with Crippen LogP contribution in [0.15, 0.2) is 54.6 Å². The van der Waals surface area contributed by atoms with Gasteiger partial charge >= 0.3 is 5.97 Å². The molecule has 5 nitrogen and oxygen atoms in total. The van der Waals surface area contributed by atoms with Gasteiger partial charge in [-0.1, -0.05) is 25.1 Å². The Kier molecular flexibility index (Phi) is 4.52. The molecule has 27 heavy (non-hydrogen) atoms. The first kappa shape index (κ1) is 17.5. The predicted molar refractivity (Wildman–Crippen MR) is 100 cm³/mol. The summed E-state index contributed by atoms with van der Waals surface area (Å²) in [5.74, 6) is -0.171. The summed E-state index contributed by atoms with van der Waals surface area (Å²) in [6.07, 6.45) is 2.53. The van der Waals surface area contributed by atoms with Crippen LogP contribution >= 0.6 is 0 Å². The molecule has 0 N–H and O–H groups in total. The maximum Gasteiger partial charge on any atom is 0.343 e. The van der Waals surface area contributed by atoms with Crippen molar-refractivity contribution in [1.29, 1.82) is 0 Å². The molecule has 4 rings (SSSR count). The molecule has 138 valence electrons. The average Bonchev–Trinajstić information content (AvgIpc) is 2.92. The smallest absolute Gasteiger partial charge is 0.343 e. The zero-order chi connectivity index (χ0) is 19.0. The van der Waals surface area contributed by atoms with Crippen LogP contribution in [0.5, 0.6) is 5.75 Å². The van der Waals surface area contributed by atoms with E-state index in [0.717, 1.165) is 19.3 Å². The first-order chi connectivity index (χ1) is 13.0. The van der Waals surface area contributed by atoms with Crippen molar-refractivity contribution in [3.63, 3.8) is 0 Å². The van der Waals surface area contributed by atoms with Gasteiger partial charge in [-0.15, -0.1) is 0 Å². The van der Waals surface area contributed by atoms with E-state index in [-0.39, 0.29) is 23.7 Å². The summed E-state index contributed by atoms with van der Waals surface area (Å²) in [5, 5.41) is 0. The van der Waals surface area contributed by atoms with Gasteiger partial charge in [-0.25, -0.2) is 4.79 Å². The van der Waals surface area contributed by atoms with Gasteiger partial charge in [0.2, 0.25) is 11.8 Å². The molecule has 0 radical (unpaired) electrons. The third-order valence-corrected chi connectivity index (χ3v) is 5.50. The van der Waals surface area contributed by atoms with E-state index in [1.165, 1.54) is 4.90 Å². The largest absolute Gasteiger partial charge is 0.423 e. The summed E-state index contributed by atoms with van der Waals surface area (Å²) in [7, 11) is 0. The quantitative estimate of drug-likeness (QED) is 0.472. The molecule has 5 heteroatoms. The molecular formula is C22H21NO4. The number of hydrogen-bond donors (Lipinski definition) is 0. The monoisotopic (exact) mass is 363 g/mol. The van der Waals surface area contributed by atoms with Gasteiger partial charge in [0, 0.05) is 0 Å². The van der Waals surface area contributed by atoms with Crippen molar-refractivity contribution in [1.82, 2.24) is 0 Å². The van der Waals surface area contributed by atoms with Gasteiger partial charge in [0.1, 0.15) is 5.75 Å². The van der Waals surface area contributed by atoms with Gasteiger partial charge in [-0.05, 0) is 61.6 Å². The number of para-hydroxylation sites is 1. The standard InChI is InChI=1S/C22H21NO4/c1-14-7-12-18-19(13-14)21(25)23(20(18)24)16-10-8-15(9-11-16)22(26)27-17-5-3-2-4-6-17/h2-6,8-11,14,18-19H,7,12-13H2,1H3/t14-,18+,19-/m1/s1. The Bertz CT molecular complexity index is 875. The lowest BCUT2D eigenvalue weighted by atomic mass is 9.76. The number of hydrogen-bond acceptors (Lipinski definition) is 4. The Labute approximate surface area is 157 Å². The second-order valence-corrected chi connectivity index (χ2v) is 7.39. The van der Waals surface area contributed by atoms with Crippen LogP contribution in [0, 0.1) is 17.8 Å². The van der Waals surface area contributed by atoms with Crippen LogP contribution in [0.3, 0.4) is 0 Å². The van der Waals surface area contributed by atoms with Gasteiger partial charge in [0.05, 0.1) is 23.1 Å². The molecule has 0 bridgehead atoms. The molecule has 2 aromatic carbocycles. The van der Waals surface area contributed by atoms with Gasteiger partial charge in [0.25, 0.3) is 0 Å². The highest BCUT2D eigenvalue weighted by Crippen LogP contribution is 2.42. The third-order valence-electron chi connectivity index (χ3n) is 5.50. The number of rotatable bonds is 3. The van der Waals surface area contributed by atoms with Crippen LogP contribution < -0.4 is 9.64 Å². The highest BCUT2D eigenvalue weighted by molar-refractivity contribution is 6.22. The second kappa shape index (κ2) is 6.99. The van der Waals surface area contributed by atoms with Crippen LogP contribution in [0.1, 0.15) is 36.5 Å². The van der Waals surface area contributed by atoms with E-state index < -0.39 is 5.97 Å². The Morgan fingerprint density at radius 1 is 0.926 bits per heavy atom. The average molecular weight is 363 g/mol. The van der Waals surface area contributed by atoms with Crippen molar-refractivity contribution >= 4 is 23.5 Å².